The van der Waals surface area contributed by atoms with Gasteiger partial charge in [-0.1, -0.05) is 23.2 Å². The highest BCUT2D eigenvalue weighted by Gasteiger charge is 2.44. The maximum atomic E-state index is 12.0. The fourth-order valence-corrected chi connectivity index (χ4v) is 2.63. The summed E-state index contributed by atoms with van der Waals surface area (Å²) in [5.41, 5.74) is 6.48. The Kier molecular flexibility index (Phi) is 4.09. The van der Waals surface area contributed by atoms with Crippen LogP contribution in [0.1, 0.15) is 31.7 Å². The minimum absolute atomic E-state index is 0.0110. The van der Waals surface area contributed by atoms with Crippen molar-refractivity contribution >= 4 is 29.1 Å². The van der Waals surface area contributed by atoms with E-state index in [0.717, 1.165) is 12.0 Å². The van der Waals surface area contributed by atoms with Crippen molar-refractivity contribution in [2.24, 2.45) is 11.7 Å². The van der Waals surface area contributed by atoms with Gasteiger partial charge in [0.25, 0.3) is 0 Å². The lowest BCUT2D eigenvalue weighted by atomic mass is 10.1. The molecule has 0 aliphatic heterocycles. The van der Waals surface area contributed by atoms with Crippen LogP contribution in [0, 0.1) is 5.92 Å². The van der Waals surface area contributed by atoms with Crippen LogP contribution in [0.25, 0.3) is 0 Å². The van der Waals surface area contributed by atoms with E-state index in [1.54, 1.807) is 6.07 Å². The molecule has 0 aromatic heterocycles. The molecule has 2 unspecified atom stereocenters. The molecule has 3 N–H and O–H groups in total. The molecule has 0 radical (unpaired) electrons. The van der Waals surface area contributed by atoms with Crippen LogP contribution in [-0.2, 0) is 4.79 Å². The van der Waals surface area contributed by atoms with Gasteiger partial charge in [-0.2, -0.15) is 0 Å². The lowest BCUT2D eigenvalue weighted by molar-refractivity contribution is -0.122. The van der Waals surface area contributed by atoms with Crippen molar-refractivity contribution in [3.05, 3.63) is 33.8 Å². The van der Waals surface area contributed by atoms with Gasteiger partial charge >= 0.3 is 0 Å². The SMILES string of the molecule is CC(C)(N)CNC(=O)C1CC1c1cc(Cl)cc(Cl)c1. The number of carbonyl (C=O) groups is 1. The number of amides is 1. The first-order chi connectivity index (χ1) is 8.76. The Balaban J connectivity index is 1.95. The van der Waals surface area contributed by atoms with Crippen molar-refractivity contribution in [1.29, 1.82) is 0 Å². The van der Waals surface area contributed by atoms with Gasteiger partial charge in [-0.25, -0.2) is 0 Å². The van der Waals surface area contributed by atoms with Crippen molar-refractivity contribution in [2.45, 2.75) is 31.7 Å². The summed E-state index contributed by atoms with van der Waals surface area (Å²) >= 11 is 11.9. The van der Waals surface area contributed by atoms with E-state index in [4.69, 9.17) is 28.9 Å². The van der Waals surface area contributed by atoms with E-state index in [1.807, 2.05) is 26.0 Å². The third kappa shape index (κ3) is 4.10. The molecule has 0 bridgehead atoms. The van der Waals surface area contributed by atoms with Crippen molar-refractivity contribution in [2.75, 3.05) is 6.54 Å². The molecular weight excluding hydrogens is 283 g/mol. The summed E-state index contributed by atoms with van der Waals surface area (Å²) in [6.07, 6.45) is 0.841. The molecule has 19 heavy (non-hydrogen) atoms. The van der Waals surface area contributed by atoms with Gasteiger partial charge in [-0.3, -0.25) is 4.79 Å². The molecule has 2 atom stereocenters. The van der Waals surface area contributed by atoms with Crippen molar-refractivity contribution in [3.63, 3.8) is 0 Å². The van der Waals surface area contributed by atoms with E-state index in [0.29, 0.717) is 16.6 Å². The standard InChI is InChI=1S/C14H18Cl2N2O/c1-14(2,17)7-18-13(19)12-6-11(12)8-3-9(15)5-10(16)4-8/h3-5,11-12H,6-7,17H2,1-2H3,(H,18,19). The smallest absolute Gasteiger partial charge is 0.223 e. The van der Waals surface area contributed by atoms with E-state index < -0.39 is 0 Å². The number of hydrogen-bond donors (Lipinski definition) is 2. The normalized spacial score (nSPS) is 22.2. The Morgan fingerprint density at radius 3 is 2.47 bits per heavy atom. The highest BCUT2D eigenvalue weighted by molar-refractivity contribution is 6.34. The van der Waals surface area contributed by atoms with Crippen LogP contribution < -0.4 is 11.1 Å². The molecule has 1 aliphatic rings. The van der Waals surface area contributed by atoms with E-state index >= 15 is 0 Å². The summed E-state index contributed by atoms with van der Waals surface area (Å²) in [6, 6.07) is 5.44. The lowest BCUT2D eigenvalue weighted by Crippen LogP contribution is -2.45. The zero-order chi connectivity index (χ0) is 14.2. The largest absolute Gasteiger partial charge is 0.354 e. The molecule has 1 aromatic rings. The number of nitrogens with one attached hydrogen (secondary N) is 1. The lowest BCUT2D eigenvalue weighted by Gasteiger charge is -2.18. The highest BCUT2D eigenvalue weighted by atomic mass is 35.5. The van der Waals surface area contributed by atoms with Gasteiger partial charge in [0.1, 0.15) is 0 Å². The number of carbonyl (C=O) groups excluding carboxylic acids is 1. The summed E-state index contributed by atoms with van der Waals surface area (Å²) in [5.74, 6) is 0.286. The average molecular weight is 301 g/mol. The maximum absolute atomic E-state index is 12.0. The van der Waals surface area contributed by atoms with Gasteiger partial charge in [0.05, 0.1) is 0 Å². The second-order valence-corrected chi connectivity index (χ2v) is 6.73. The molecule has 3 nitrogen and oxygen atoms in total. The Morgan fingerprint density at radius 2 is 1.95 bits per heavy atom. The molecule has 104 valence electrons. The number of rotatable bonds is 4. The maximum Gasteiger partial charge on any atom is 0.223 e. The quantitative estimate of drug-likeness (QED) is 0.898. The van der Waals surface area contributed by atoms with Gasteiger partial charge < -0.3 is 11.1 Å². The molecule has 1 saturated carbocycles. The first kappa shape index (κ1) is 14.6. The highest BCUT2D eigenvalue weighted by Crippen LogP contribution is 2.48. The minimum Gasteiger partial charge on any atom is -0.354 e. The van der Waals surface area contributed by atoms with Crippen LogP contribution in [0.15, 0.2) is 18.2 Å². The summed E-state index contributed by atoms with van der Waals surface area (Å²) in [4.78, 5) is 12.0. The van der Waals surface area contributed by atoms with Gasteiger partial charge in [0.2, 0.25) is 5.91 Å². The first-order valence-corrected chi connectivity index (χ1v) is 7.04. The predicted molar refractivity (Wildman–Crippen MR) is 78.6 cm³/mol. The zero-order valence-electron chi connectivity index (χ0n) is 11.0. The number of benzene rings is 1. The van der Waals surface area contributed by atoms with E-state index in [-0.39, 0.29) is 23.3 Å². The fraction of sp³-hybridized carbons (Fsp3) is 0.500. The van der Waals surface area contributed by atoms with Crippen LogP contribution in [-0.4, -0.2) is 18.0 Å². The fourth-order valence-electron chi connectivity index (χ4n) is 2.09. The predicted octanol–water partition coefficient (Wildman–Crippen LogP) is 2.95. The van der Waals surface area contributed by atoms with Crippen molar-refractivity contribution < 1.29 is 4.79 Å². The Morgan fingerprint density at radius 1 is 1.37 bits per heavy atom. The van der Waals surface area contributed by atoms with Crippen molar-refractivity contribution in [1.82, 2.24) is 5.32 Å². The molecule has 1 amide bonds. The molecule has 1 aromatic carbocycles. The zero-order valence-corrected chi connectivity index (χ0v) is 12.6. The second kappa shape index (κ2) is 5.31. The van der Waals surface area contributed by atoms with E-state index in [1.165, 1.54) is 0 Å². The van der Waals surface area contributed by atoms with Crippen LogP contribution in [0.3, 0.4) is 0 Å². The summed E-state index contributed by atoms with van der Waals surface area (Å²) < 4.78 is 0. The Bertz CT molecular complexity index is 476. The van der Waals surface area contributed by atoms with Crippen LogP contribution >= 0.6 is 23.2 Å². The van der Waals surface area contributed by atoms with Crippen LogP contribution in [0.2, 0.25) is 10.0 Å². The third-order valence-electron chi connectivity index (χ3n) is 3.16. The monoisotopic (exact) mass is 300 g/mol. The summed E-state index contributed by atoms with van der Waals surface area (Å²) in [5, 5.41) is 4.10. The Hall–Kier alpha value is -0.770. The van der Waals surface area contributed by atoms with E-state index in [2.05, 4.69) is 5.32 Å². The van der Waals surface area contributed by atoms with Gasteiger partial charge in [0, 0.05) is 28.0 Å². The van der Waals surface area contributed by atoms with E-state index in [9.17, 15) is 4.79 Å². The number of hydrogen-bond acceptors (Lipinski definition) is 2. The van der Waals surface area contributed by atoms with Crippen LogP contribution in [0.5, 0.6) is 0 Å². The van der Waals surface area contributed by atoms with Gasteiger partial charge in [-0.05, 0) is 49.9 Å². The molecule has 2 rings (SSSR count). The molecule has 0 spiro atoms. The number of nitrogens with two attached hydrogens (primary N) is 1. The molecule has 1 fully saturated rings. The third-order valence-corrected chi connectivity index (χ3v) is 3.59. The molecule has 1 aliphatic carbocycles. The van der Waals surface area contributed by atoms with Crippen LogP contribution in [0.4, 0.5) is 0 Å². The summed E-state index contributed by atoms with van der Waals surface area (Å²) in [6.45, 7) is 4.24. The minimum atomic E-state index is -0.389. The molecule has 0 saturated heterocycles. The number of halogens is 2. The average Bonchev–Trinajstić information content (AvgIpc) is 3.03. The Labute approximate surface area is 123 Å². The first-order valence-electron chi connectivity index (χ1n) is 6.29. The topological polar surface area (TPSA) is 55.1 Å². The van der Waals surface area contributed by atoms with Crippen molar-refractivity contribution in [3.8, 4) is 0 Å². The van der Waals surface area contributed by atoms with Gasteiger partial charge in [0.15, 0.2) is 0 Å². The summed E-state index contributed by atoms with van der Waals surface area (Å²) in [7, 11) is 0. The van der Waals surface area contributed by atoms with Gasteiger partial charge in [-0.15, -0.1) is 0 Å². The molecule has 0 heterocycles. The second-order valence-electron chi connectivity index (χ2n) is 5.86. The molecule has 5 heteroatoms. The molecular formula is C14H18Cl2N2O.